The van der Waals surface area contributed by atoms with Crippen LogP contribution in [0.3, 0.4) is 0 Å². The van der Waals surface area contributed by atoms with Gasteiger partial charge < -0.3 is 14.8 Å². The Kier molecular flexibility index (Phi) is 6.51. The maximum absolute atomic E-state index is 12.8. The zero-order valence-electron chi connectivity index (χ0n) is 17.4. The van der Waals surface area contributed by atoms with Crippen molar-refractivity contribution in [2.45, 2.75) is 38.5 Å². The van der Waals surface area contributed by atoms with Gasteiger partial charge in [-0.15, -0.1) is 0 Å². The zero-order valence-corrected chi connectivity index (χ0v) is 19.0. The van der Waals surface area contributed by atoms with Gasteiger partial charge in [-0.05, 0) is 50.6 Å². The van der Waals surface area contributed by atoms with Crippen LogP contribution in [0.2, 0.25) is 0 Å². The maximum atomic E-state index is 12.8. The number of nitrogens with zero attached hydrogens (tertiary/aromatic N) is 1. The highest BCUT2D eigenvalue weighted by Crippen LogP contribution is 2.34. The molecule has 0 spiro atoms. The molecule has 0 aromatic heterocycles. The summed E-state index contributed by atoms with van der Waals surface area (Å²) >= 11 is 3.45. The first kappa shape index (κ1) is 21.9. The second-order valence-electron chi connectivity index (χ2n) is 7.91. The highest BCUT2D eigenvalue weighted by molar-refractivity contribution is 9.10. The third kappa shape index (κ3) is 5.02. The van der Waals surface area contributed by atoms with Crippen LogP contribution in [0.25, 0.3) is 0 Å². The second kappa shape index (κ2) is 8.92. The minimum atomic E-state index is -0.715. The van der Waals surface area contributed by atoms with E-state index in [4.69, 9.17) is 9.47 Å². The van der Waals surface area contributed by atoms with Crippen LogP contribution in [0.15, 0.2) is 65.2 Å². The van der Waals surface area contributed by atoms with E-state index in [1.54, 1.807) is 34.0 Å². The summed E-state index contributed by atoms with van der Waals surface area (Å²) in [7, 11) is 1.60. The standard InChI is InChI=1S/C23H25BrN2O4/c1-23(2,3)30-22(28)26-18(13-14-20(26)27)21(15-9-11-16(24)12-10-15)25-17-7-5-6-8-19(17)29-4/h5-14,18,21,25H,1-4H3/t18-,21+/m0/s1. The molecule has 7 heteroatoms. The first-order valence-corrected chi connectivity index (χ1v) is 10.4. The lowest BCUT2D eigenvalue weighted by molar-refractivity contribution is -0.125. The van der Waals surface area contributed by atoms with Crippen molar-refractivity contribution in [3.05, 3.63) is 70.7 Å². The van der Waals surface area contributed by atoms with Crippen molar-refractivity contribution in [1.82, 2.24) is 4.90 Å². The molecule has 30 heavy (non-hydrogen) atoms. The summed E-state index contributed by atoms with van der Waals surface area (Å²) in [6.07, 6.45) is 2.46. The minimum Gasteiger partial charge on any atom is -0.495 e. The van der Waals surface area contributed by atoms with Crippen molar-refractivity contribution >= 4 is 33.6 Å². The van der Waals surface area contributed by atoms with Crippen LogP contribution in [-0.4, -0.2) is 35.7 Å². The van der Waals surface area contributed by atoms with Crippen LogP contribution >= 0.6 is 15.9 Å². The molecule has 0 bridgehead atoms. The normalized spacial score (nSPS) is 17.0. The monoisotopic (exact) mass is 472 g/mol. The van der Waals surface area contributed by atoms with Gasteiger partial charge in [0.05, 0.1) is 24.9 Å². The van der Waals surface area contributed by atoms with Gasteiger partial charge >= 0.3 is 6.09 Å². The molecule has 2 aromatic carbocycles. The number of benzene rings is 2. The maximum Gasteiger partial charge on any atom is 0.417 e. The molecule has 3 rings (SSSR count). The Labute approximate surface area is 185 Å². The molecular weight excluding hydrogens is 448 g/mol. The van der Waals surface area contributed by atoms with Gasteiger partial charge in [-0.3, -0.25) is 4.79 Å². The number of carbonyl (C=O) groups is 2. The van der Waals surface area contributed by atoms with E-state index in [2.05, 4.69) is 21.2 Å². The summed E-state index contributed by atoms with van der Waals surface area (Å²) in [5.74, 6) is 0.259. The van der Waals surface area contributed by atoms with Gasteiger partial charge in [0, 0.05) is 10.5 Å². The van der Waals surface area contributed by atoms with Crippen molar-refractivity contribution in [3.63, 3.8) is 0 Å². The van der Waals surface area contributed by atoms with Gasteiger partial charge in [0.25, 0.3) is 5.91 Å². The fourth-order valence-electron chi connectivity index (χ4n) is 3.24. The Morgan fingerprint density at radius 2 is 1.80 bits per heavy atom. The number of carbonyl (C=O) groups excluding carboxylic acids is 2. The molecule has 1 aliphatic rings. The fourth-order valence-corrected chi connectivity index (χ4v) is 3.51. The quantitative estimate of drug-likeness (QED) is 0.638. The molecule has 0 unspecified atom stereocenters. The highest BCUT2D eigenvalue weighted by atomic mass is 79.9. The molecular formula is C23H25BrN2O4. The van der Waals surface area contributed by atoms with Crippen molar-refractivity contribution in [3.8, 4) is 5.75 Å². The molecule has 2 amide bonds. The lowest BCUT2D eigenvalue weighted by atomic mass is 9.98. The number of imide groups is 1. The van der Waals surface area contributed by atoms with Gasteiger partial charge in [-0.1, -0.05) is 46.3 Å². The average Bonchev–Trinajstić information content (AvgIpc) is 3.07. The number of amides is 2. The molecule has 1 aliphatic heterocycles. The predicted molar refractivity (Wildman–Crippen MR) is 120 cm³/mol. The van der Waals surface area contributed by atoms with E-state index in [9.17, 15) is 9.59 Å². The topological polar surface area (TPSA) is 67.9 Å². The Hall–Kier alpha value is -2.80. The van der Waals surface area contributed by atoms with Gasteiger partial charge in [0.1, 0.15) is 11.4 Å². The molecule has 0 saturated heterocycles. The Morgan fingerprint density at radius 3 is 2.43 bits per heavy atom. The summed E-state index contributed by atoms with van der Waals surface area (Å²) in [6.45, 7) is 5.31. The van der Waals surface area contributed by atoms with Crippen molar-refractivity contribution in [2.24, 2.45) is 0 Å². The number of hydrogen-bond donors (Lipinski definition) is 1. The van der Waals surface area contributed by atoms with Crippen LogP contribution in [0.5, 0.6) is 5.75 Å². The number of hydrogen-bond acceptors (Lipinski definition) is 5. The minimum absolute atomic E-state index is 0.404. The molecule has 2 atom stereocenters. The second-order valence-corrected chi connectivity index (χ2v) is 8.83. The van der Waals surface area contributed by atoms with Gasteiger partial charge in [0.2, 0.25) is 0 Å². The Bertz CT molecular complexity index is 950. The van der Waals surface area contributed by atoms with E-state index in [0.29, 0.717) is 5.75 Å². The van der Waals surface area contributed by atoms with E-state index in [-0.39, 0.29) is 0 Å². The third-order valence-electron chi connectivity index (χ3n) is 4.55. The van der Waals surface area contributed by atoms with Crippen molar-refractivity contribution in [2.75, 3.05) is 12.4 Å². The summed E-state index contributed by atoms with van der Waals surface area (Å²) in [4.78, 5) is 26.5. The molecule has 0 radical (unpaired) electrons. The molecule has 0 saturated carbocycles. The van der Waals surface area contributed by atoms with E-state index >= 15 is 0 Å². The van der Waals surface area contributed by atoms with Crippen LogP contribution in [0.1, 0.15) is 32.4 Å². The highest BCUT2D eigenvalue weighted by Gasteiger charge is 2.40. The number of anilines is 1. The molecule has 2 aromatic rings. The molecule has 6 nitrogen and oxygen atoms in total. The van der Waals surface area contributed by atoms with Crippen molar-refractivity contribution in [1.29, 1.82) is 0 Å². The lowest BCUT2D eigenvalue weighted by Gasteiger charge is -2.33. The van der Waals surface area contributed by atoms with E-state index < -0.39 is 29.7 Å². The van der Waals surface area contributed by atoms with Crippen molar-refractivity contribution < 1.29 is 19.1 Å². The summed E-state index contributed by atoms with van der Waals surface area (Å²) < 4.78 is 11.9. The van der Waals surface area contributed by atoms with Gasteiger partial charge in [0.15, 0.2) is 0 Å². The van der Waals surface area contributed by atoms with Gasteiger partial charge in [-0.25, -0.2) is 9.69 Å². The van der Waals surface area contributed by atoms with E-state index in [0.717, 1.165) is 20.6 Å². The van der Waals surface area contributed by atoms with Gasteiger partial charge in [-0.2, -0.15) is 0 Å². The van der Waals surface area contributed by atoms with Crippen LogP contribution < -0.4 is 10.1 Å². The molecule has 0 fully saturated rings. The first-order valence-electron chi connectivity index (χ1n) is 9.59. The summed E-state index contributed by atoms with van der Waals surface area (Å²) in [6, 6.07) is 14.3. The number of rotatable bonds is 5. The van der Waals surface area contributed by atoms with Crippen LogP contribution in [-0.2, 0) is 9.53 Å². The zero-order chi connectivity index (χ0) is 21.9. The summed E-state index contributed by atoms with van der Waals surface area (Å²) in [5, 5.41) is 3.45. The predicted octanol–water partition coefficient (Wildman–Crippen LogP) is 5.31. The van der Waals surface area contributed by atoms with Crippen LogP contribution in [0, 0.1) is 0 Å². The van der Waals surface area contributed by atoms with Crippen LogP contribution in [0.4, 0.5) is 10.5 Å². The smallest absolute Gasteiger partial charge is 0.417 e. The number of ether oxygens (including phenoxy) is 2. The Balaban J connectivity index is 2.00. The molecule has 1 heterocycles. The van der Waals surface area contributed by atoms with E-state index in [1.807, 2.05) is 48.5 Å². The number of para-hydroxylation sites is 2. The number of nitrogens with one attached hydrogen (secondary N) is 1. The third-order valence-corrected chi connectivity index (χ3v) is 5.08. The summed E-state index contributed by atoms with van der Waals surface area (Å²) in [5.41, 5.74) is 0.945. The molecule has 158 valence electrons. The number of methoxy groups -OCH3 is 1. The van der Waals surface area contributed by atoms with E-state index in [1.165, 1.54) is 6.08 Å². The first-order chi connectivity index (χ1) is 14.2. The lowest BCUT2D eigenvalue weighted by Crippen LogP contribution is -2.46. The fraction of sp³-hybridized carbons (Fsp3) is 0.304. The molecule has 0 aliphatic carbocycles. The number of halogens is 1. The average molecular weight is 473 g/mol. The largest absolute Gasteiger partial charge is 0.495 e. The SMILES string of the molecule is COc1ccccc1N[C@H](c1ccc(Br)cc1)[C@@H]1C=CC(=O)N1C(=O)OC(C)(C)C. The Morgan fingerprint density at radius 1 is 1.13 bits per heavy atom. The molecule has 1 N–H and O–H groups in total.